The first-order valence-corrected chi connectivity index (χ1v) is 9.15. The fraction of sp³-hybridized carbons (Fsp3) is 0.0952. The minimum Gasteiger partial charge on any atom is -0.361 e. The quantitative estimate of drug-likeness (QED) is 0.591. The lowest BCUT2D eigenvalue weighted by Crippen LogP contribution is -2.32. The summed E-state index contributed by atoms with van der Waals surface area (Å²) in [6.07, 6.45) is -0.411. The van der Waals surface area contributed by atoms with Gasteiger partial charge in [0, 0.05) is 28.4 Å². The van der Waals surface area contributed by atoms with E-state index in [1.165, 1.54) is 12.1 Å². The van der Waals surface area contributed by atoms with Gasteiger partial charge >= 0.3 is 0 Å². The molecule has 4 rings (SSSR count). The molecule has 0 saturated heterocycles. The van der Waals surface area contributed by atoms with Crippen molar-refractivity contribution in [1.29, 1.82) is 0 Å². The summed E-state index contributed by atoms with van der Waals surface area (Å²) >= 11 is 12.2. The first-order valence-electron chi connectivity index (χ1n) is 8.39. The number of hydrogen-bond donors (Lipinski definition) is 1. The highest BCUT2D eigenvalue weighted by atomic mass is 35.5. The van der Waals surface area contributed by atoms with E-state index in [-0.39, 0.29) is 10.9 Å². The Morgan fingerprint density at radius 1 is 0.963 bits per heavy atom. The summed E-state index contributed by atoms with van der Waals surface area (Å²) in [7, 11) is 0. The Morgan fingerprint density at radius 3 is 2.48 bits per heavy atom. The maximum Gasteiger partial charge on any atom is 0.256 e. The summed E-state index contributed by atoms with van der Waals surface area (Å²) in [6, 6.07) is 19.3. The maximum atomic E-state index is 13.5. The molecule has 3 nitrogen and oxygen atoms in total. The topological polar surface area (TPSA) is 32.3 Å². The van der Waals surface area contributed by atoms with Crippen molar-refractivity contribution < 1.29 is 9.18 Å². The molecule has 3 aromatic carbocycles. The molecule has 0 bridgehead atoms. The number of rotatable bonds is 4. The summed E-state index contributed by atoms with van der Waals surface area (Å²) in [5.41, 5.74) is 2.97. The molecule has 6 heteroatoms. The first kappa shape index (κ1) is 17.8. The van der Waals surface area contributed by atoms with Gasteiger partial charge < -0.3 is 10.2 Å². The SMILES string of the molecule is O=C1c2ccccc2C(Nc2ccc(F)c(Cl)c2)N1Cc1ccccc1Cl. The molecule has 1 aliphatic heterocycles. The second-order valence-corrected chi connectivity index (χ2v) is 7.10. The summed E-state index contributed by atoms with van der Waals surface area (Å²) in [4.78, 5) is 14.7. The van der Waals surface area contributed by atoms with E-state index >= 15 is 0 Å². The molecule has 0 radical (unpaired) electrons. The van der Waals surface area contributed by atoms with E-state index in [2.05, 4.69) is 5.32 Å². The van der Waals surface area contributed by atoms with Gasteiger partial charge in [-0.2, -0.15) is 0 Å². The van der Waals surface area contributed by atoms with Gasteiger partial charge in [0.2, 0.25) is 0 Å². The third-order valence-electron chi connectivity index (χ3n) is 4.58. The van der Waals surface area contributed by atoms with E-state index in [9.17, 15) is 9.18 Å². The van der Waals surface area contributed by atoms with Crippen molar-refractivity contribution in [2.24, 2.45) is 0 Å². The van der Waals surface area contributed by atoms with Crippen molar-refractivity contribution >= 4 is 34.8 Å². The van der Waals surface area contributed by atoms with E-state index in [1.807, 2.05) is 36.4 Å². The van der Waals surface area contributed by atoms with Gasteiger partial charge in [-0.05, 0) is 35.9 Å². The molecule has 1 aliphatic rings. The number of nitrogens with one attached hydrogen (secondary N) is 1. The standard InChI is InChI=1S/C21H15Cl2FN2O/c22-17-8-4-1-5-13(17)12-26-20(15-6-2-3-7-16(15)21(26)27)25-14-9-10-19(24)18(23)11-14/h1-11,20,25H,12H2. The lowest BCUT2D eigenvalue weighted by molar-refractivity contribution is 0.0729. The fourth-order valence-electron chi connectivity index (χ4n) is 3.24. The molecular formula is C21H15Cl2FN2O. The third-order valence-corrected chi connectivity index (χ3v) is 5.24. The van der Waals surface area contributed by atoms with Gasteiger partial charge in [-0.1, -0.05) is 59.6 Å². The van der Waals surface area contributed by atoms with Crippen LogP contribution in [0.25, 0.3) is 0 Å². The van der Waals surface area contributed by atoms with Gasteiger partial charge in [-0.15, -0.1) is 0 Å². The van der Waals surface area contributed by atoms with Gasteiger partial charge in [0.05, 0.1) is 5.02 Å². The number of halogens is 3. The van der Waals surface area contributed by atoms with E-state index in [0.717, 1.165) is 11.1 Å². The number of nitrogens with zero attached hydrogens (tertiary/aromatic N) is 1. The van der Waals surface area contributed by atoms with Crippen molar-refractivity contribution in [3.8, 4) is 0 Å². The summed E-state index contributed by atoms with van der Waals surface area (Å²) < 4.78 is 13.5. The molecule has 0 spiro atoms. The van der Waals surface area contributed by atoms with Gasteiger partial charge in [-0.3, -0.25) is 4.79 Å². The molecule has 136 valence electrons. The normalized spacial score (nSPS) is 15.7. The lowest BCUT2D eigenvalue weighted by atomic mass is 10.1. The Bertz CT molecular complexity index is 1020. The predicted octanol–water partition coefficient (Wildman–Crippen LogP) is 5.90. The van der Waals surface area contributed by atoms with Crippen LogP contribution < -0.4 is 5.32 Å². The van der Waals surface area contributed by atoms with Crippen molar-refractivity contribution in [2.75, 3.05) is 5.32 Å². The molecule has 0 saturated carbocycles. The predicted molar refractivity (Wildman–Crippen MR) is 106 cm³/mol. The number of amides is 1. The summed E-state index contributed by atoms with van der Waals surface area (Å²) in [5, 5.41) is 3.92. The van der Waals surface area contributed by atoms with Crippen LogP contribution in [-0.4, -0.2) is 10.8 Å². The number of hydrogen-bond acceptors (Lipinski definition) is 2. The van der Waals surface area contributed by atoms with E-state index in [0.29, 0.717) is 22.8 Å². The minimum absolute atomic E-state index is 0.0234. The highest BCUT2D eigenvalue weighted by Gasteiger charge is 2.36. The zero-order valence-corrected chi connectivity index (χ0v) is 15.6. The highest BCUT2D eigenvalue weighted by Crippen LogP contribution is 2.36. The monoisotopic (exact) mass is 400 g/mol. The van der Waals surface area contributed by atoms with Crippen LogP contribution in [0, 0.1) is 5.82 Å². The molecule has 0 aromatic heterocycles. The molecule has 3 aromatic rings. The average molecular weight is 401 g/mol. The van der Waals surface area contributed by atoms with Crippen LogP contribution in [0.3, 0.4) is 0 Å². The highest BCUT2D eigenvalue weighted by molar-refractivity contribution is 6.31. The Hall–Kier alpha value is -2.56. The minimum atomic E-state index is -0.488. The molecule has 1 N–H and O–H groups in total. The van der Waals surface area contributed by atoms with Crippen LogP contribution >= 0.6 is 23.2 Å². The largest absolute Gasteiger partial charge is 0.361 e. The van der Waals surface area contributed by atoms with E-state index in [1.54, 1.807) is 23.1 Å². The number of carbonyl (C=O) groups excluding carboxylic acids is 1. The van der Waals surface area contributed by atoms with Crippen LogP contribution in [0.15, 0.2) is 66.7 Å². The maximum absolute atomic E-state index is 13.5. The van der Waals surface area contributed by atoms with Crippen molar-refractivity contribution in [1.82, 2.24) is 4.90 Å². The van der Waals surface area contributed by atoms with Crippen LogP contribution in [0.4, 0.5) is 10.1 Å². The molecule has 1 amide bonds. The third kappa shape index (κ3) is 3.38. The van der Waals surface area contributed by atoms with Crippen molar-refractivity contribution in [3.63, 3.8) is 0 Å². The molecule has 27 heavy (non-hydrogen) atoms. The Balaban J connectivity index is 1.71. The molecule has 1 heterocycles. The first-order chi connectivity index (χ1) is 13.0. The number of fused-ring (bicyclic) bond motifs is 1. The summed E-state index contributed by atoms with van der Waals surface area (Å²) in [6.45, 7) is 0.347. The average Bonchev–Trinajstić information content (AvgIpc) is 2.92. The molecule has 1 unspecified atom stereocenters. The second-order valence-electron chi connectivity index (χ2n) is 6.29. The second kappa shape index (κ2) is 7.22. The molecular weight excluding hydrogens is 386 g/mol. The number of benzene rings is 3. The Morgan fingerprint density at radius 2 is 1.70 bits per heavy atom. The van der Waals surface area contributed by atoms with E-state index in [4.69, 9.17) is 23.2 Å². The molecule has 0 aliphatic carbocycles. The van der Waals surface area contributed by atoms with Crippen LogP contribution in [0.2, 0.25) is 10.0 Å². The van der Waals surface area contributed by atoms with E-state index < -0.39 is 12.0 Å². The molecule has 1 atom stereocenters. The summed E-state index contributed by atoms with van der Waals surface area (Å²) in [5.74, 6) is -0.575. The number of anilines is 1. The zero-order chi connectivity index (χ0) is 19.0. The van der Waals surface area contributed by atoms with Gasteiger partial charge in [0.15, 0.2) is 0 Å². The Kier molecular flexibility index (Phi) is 4.77. The van der Waals surface area contributed by atoms with Crippen molar-refractivity contribution in [3.05, 3.63) is 99.3 Å². The van der Waals surface area contributed by atoms with Crippen LogP contribution in [0.1, 0.15) is 27.7 Å². The Labute approximate surface area is 166 Å². The van der Waals surface area contributed by atoms with Gasteiger partial charge in [0.1, 0.15) is 12.0 Å². The molecule has 0 fully saturated rings. The zero-order valence-electron chi connectivity index (χ0n) is 14.1. The number of carbonyl (C=O) groups is 1. The van der Waals surface area contributed by atoms with Crippen LogP contribution in [-0.2, 0) is 6.54 Å². The van der Waals surface area contributed by atoms with Gasteiger partial charge in [0.25, 0.3) is 5.91 Å². The van der Waals surface area contributed by atoms with Crippen LogP contribution in [0.5, 0.6) is 0 Å². The van der Waals surface area contributed by atoms with Crippen molar-refractivity contribution in [2.45, 2.75) is 12.7 Å². The fourth-order valence-corrected chi connectivity index (χ4v) is 3.62. The van der Waals surface area contributed by atoms with Gasteiger partial charge in [-0.25, -0.2) is 4.39 Å². The lowest BCUT2D eigenvalue weighted by Gasteiger charge is -2.27. The smallest absolute Gasteiger partial charge is 0.256 e.